The number of rotatable bonds is 4. The highest BCUT2D eigenvalue weighted by Crippen LogP contribution is 2.46. The summed E-state index contributed by atoms with van der Waals surface area (Å²) in [6.07, 6.45) is 9.43. The fourth-order valence-electron chi connectivity index (χ4n) is 4.47. The number of amides is 2. The molecule has 0 radical (unpaired) electrons. The minimum atomic E-state index is -0.691. The summed E-state index contributed by atoms with van der Waals surface area (Å²) < 4.78 is 0. The molecular formula is C22H27ClN4O2. The zero-order valence-corrected chi connectivity index (χ0v) is 17.5. The van der Waals surface area contributed by atoms with Crippen molar-refractivity contribution in [2.75, 3.05) is 13.1 Å². The lowest BCUT2D eigenvalue weighted by atomic mass is 9.68. The molecule has 2 aromatic rings. The van der Waals surface area contributed by atoms with Crippen LogP contribution in [0, 0.1) is 11.3 Å². The summed E-state index contributed by atoms with van der Waals surface area (Å²) in [6.45, 7) is 5.55. The van der Waals surface area contributed by atoms with E-state index in [2.05, 4.69) is 29.4 Å². The summed E-state index contributed by atoms with van der Waals surface area (Å²) >= 11 is 6.27. The van der Waals surface area contributed by atoms with Crippen molar-refractivity contribution in [2.45, 2.75) is 39.2 Å². The number of carbonyl (C=O) groups excluding carboxylic acids is 1. The van der Waals surface area contributed by atoms with Crippen molar-refractivity contribution in [1.29, 1.82) is 0 Å². The number of H-pyrrole nitrogens is 1. The molecule has 4 rings (SSSR count). The van der Waals surface area contributed by atoms with Gasteiger partial charge >= 0.3 is 6.03 Å². The Kier molecular flexibility index (Phi) is 5.40. The molecule has 1 atom stereocenters. The van der Waals surface area contributed by atoms with Gasteiger partial charge in [-0.2, -0.15) is 5.10 Å². The number of fused-ring (bicyclic) bond motifs is 1. The second-order valence-corrected chi connectivity index (χ2v) is 9.01. The van der Waals surface area contributed by atoms with Crippen molar-refractivity contribution in [3.8, 4) is 0 Å². The smallest absolute Gasteiger partial charge is 0.321 e. The van der Waals surface area contributed by atoms with Gasteiger partial charge in [0, 0.05) is 41.2 Å². The molecule has 6 nitrogen and oxygen atoms in total. The number of likely N-dealkylation sites (tertiary alicyclic amines) is 1. The van der Waals surface area contributed by atoms with Crippen molar-refractivity contribution >= 4 is 28.5 Å². The second-order valence-electron chi connectivity index (χ2n) is 8.57. The quantitative estimate of drug-likeness (QED) is 0.686. The van der Waals surface area contributed by atoms with Crippen molar-refractivity contribution < 1.29 is 9.90 Å². The van der Waals surface area contributed by atoms with Crippen LogP contribution in [0.2, 0.25) is 5.02 Å². The van der Waals surface area contributed by atoms with Gasteiger partial charge in [0.1, 0.15) is 0 Å². The zero-order valence-electron chi connectivity index (χ0n) is 16.8. The fraction of sp³-hybridized carbons (Fsp3) is 0.455. The molecule has 29 heavy (non-hydrogen) atoms. The molecule has 154 valence electrons. The number of nitrogens with zero attached hydrogens (tertiary/aromatic N) is 2. The average molecular weight is 415 g/mol. The molecule has 0 spiro atoms. The van der Waals surface area contributed by atoms with Gasteiger partial charge in [0.05, 0.1) is 17.8 Å². The van der Waals surface area contributed by atoms with Crippen molar-refractivity contribution in [3.05, 3.63) is 52.8 Å². The Hall–Kier alpha value is -2.31. The van der Waals surface area contributed by atoms with Gasteiger partial charge in [-0.05, 0) is 42.4 Å². The van der Waals surface area contributed by atoms with Gasteiger partial charge in [-0.1, -0.05) is 37.6 Å². The molecule has 1 fully saturated rings. The van der Waals surface area contributed by atoms with E-state index in [4.69, 9.17) is 11.6 Å². The van der Waals surface area contributed by atoms with Crippen LogP contribution < -0.4 is 5.32 Å². The molecule has 7 heteroatoms. The molecule has 3 N–H and O–H groups in total. The van der Waals surface area contributed by atoms with E-state index >= 15 is 0 Å². The molecule has 0 saturated carbocycles. The molecular weight excluding hydrogens is 388 g/mol. The molecule has 1 aliphatic carbocycles. The Morgan fingerprint density at radius 2 is 2.14 bits per heavy atom. The predicted octanol–water partition coefficient (Wildman–Crippen LogP) is 4.54. The van der Waals surface area contributed by atoms with E-state index in [1.165, 1.54) is 0 Å². The number of aromatic amines is 1. The van der Waals surface area contributed by atoms with E-state index in [9.17, 15) is 9.90 Å². The predicted molar refractivity (Wildman–Crippen MR) is 115 cm³/mol. The molecule has 2 aliphatic rings. The van der Waals surface area contributed by atoms with E-state index in [0.717, 1.165) is 41.4 Å². The van der Waals surface area contributed by atoms with Crippen LogP contribution in [0.3, 0.4) is 0 Å². The lowest BCUT2D eigenvalue weighted by molar-refractivity contribution is -0.0142. The number of halogens is 1. The first kappa shape index (κ1) is 20.0. The number of hydrogen-bond donors (Lipinski definition) is 3. The standard InChI is InChI=1S/C22H27ClN4O2/c1-22(2,20(28)18-12-16(23)11-14-13-24-26-19(14)18)15-7-9-27(10-8-15)21(29)25-17-5-3-4-6-17/h3-5,11-13,15,20,28H,6-10H2,1-2H3,(H,24,26)(H,25,29). The molecule has 0 bridgehead atoms. The van der Waals surface area contributed by atoms with Crippen LogP contribution in [0.15, 0.2) is 42.3 Å². The van der Waals surface area contributed by atoms with Crippen LogP contribution in [-0.4, -0.2) is 39.3 Å². The SMILES string of the molecule is CC(C)(C1CCN(C(=O)NC2=CC=CC2)CC1)C(O)c1cc(Cl)cc2cn[nH]c12. The third kappa shape index (κ3) is 3.91. The van der Waals surface area contributed by atoms with E-state index in [0.29, 0.717) is 18.1 Å². The van der Waals surface area contributed by atoms with Crippen LogP contribution in [-0.2, 0) is 0 Å². The molecule has 2 amide bonds. The van der Waals surface area contributed by atoms with Gasteiger partial charge in [-0.15, -0.1) is 0 Å². The van der Waals surface area contributed by atoms with Gasteiger partial charge < -0.3 is 15.3 Å². The first-order valence-corrected chi connectivity index (χ1v) is 10.5. The monoisotopic (exact) mass is 414 g/mol. The lowest BCUT2D eigenvalue weighted by Crippen LogP contribution is -2.47. The van der Waals surface area contributed by atoms with E-state index in [1.807, 2.05) is 35.3 Å². The number of piperidine rings is 1. The Bertz CT molecular complexity index is 970. The molecule has 1 aromatic carbocycles. The molecule has 1 saturated heterocycles. The minimum absolute atomic E-state index is 0.0363. The highest BCUT2D eigenvalue weighted by molar-refractivity contribution is 6.31. The van der Waals surface area contributed by atoms with Gasteiger partial charge in [0.15, 0.2) is 0 Å². The van der Waals surface area contributed by atoms with E-state index in [1.54, 1.807) is 6.20 Å². The average Bonchev–Trinajstić information content (AvgIpc) is 3.38. The van der Waals surface area contributed by atoms with Gasteiger partial charge in [0.25, 0.3) is 0 Å². The number of benzene rings is 1. The summed E-state index contributed by atoms with van der Waals surface area (Å²) in [5.74, 6) is 0.283. The number of urea groups is 1. The number of aromatic nitrogens is 2. The Balaban J connectivity index is 1.44. The Morgan fingerprint density at radius 1 is 1.38 bits per heavy atom. The van der Waals surface area contributed by atoms with Crippen LogP contribution in [0.5, 0.6) is 0 Å². The minimum Gasteiger partial charge on any atom is -0.388 e. The van der Waals surface area contributed by atoms with Gasteiger partial charge in [-0.3, -0.25) is 5.10 Å². The third-order valence-electron chi connectivity index (χ3n) is 6.42. The number of aliphatic hydroxyl groups excluding tert-OH is 1. The Morgan fingerprint density at radius 3 is 2.83 bits per heavy atom. The highest BCUT2D eigenvalue weighted by atomic mass is 35.5. The maximum Gasteiger partial charge on any atom is 0.321 e. The van der Waals surface area contributed by atoms with Crippen LogP contribution in [0.4, 0.5) is 4.79 Å². The number of carbonyl (C=O) groups is 1. The summed E-state index contributed by atoms with van der Waals surface area (Å²) in [5.41, 5.74) is 2.17. The van der Waals surface area contributed by atoms with Crippen LogP contribution in [0.1, 0.15) is 44.8 Å². The van der Waals surface area contributed by atoms with Crippen molar-refractivity contribution in [1.82, 2.24) is 20.4 Å². The number of aliphatic hydroxyl groups is 1. The van der Waals surface area contributed by atoms with Gasteiger partial charge in [-0.25, -0.2) is 4.79 Å². The lowest BCUT2D eigenvalue weighted by Gasteiger charge is -2.43. The van der Waals surface area contributed by atoms with Crippen molar-refractivity contribution in [3.63, 3.8) is 0 Å². The van der Waals surface area contributed by atoms with E-state index in [-0.39, 0.29) is 17.4 Å². The van der Waals surface area contributed by atoms with E-state index < -0.39 is 6.10 Å². The molecule has 1 aromatic heterocycles. The number of allylic oxidation sites excluding steroid dienone is 3. The van der Waals surface area contributed by atoms with Crippen LogP contribution >= 0.6 is 11.6 Å². The van der Waals surface area contributed by atoms with Crippen LogP contribution in [0.25, 0.3) is 10.9 Å². The summed E-state index contributed by atoms with van der Waals surface area (Å²) in [4.78, 5) is 14.4. The highest BCUT2D eigenvalue weighted by Gasteiger charge is 2.40. The molecule has 1 unspecified atom stereocenters. The first-order valence-electron chi connectivity index (χ1n) is 10.1. The van der Waals surface area contributed by atoms with Gasteiger partial charge in [0.2, 0.25) is 0 Å². The first-order chi connectivity index (χ1) is 13.9. The largest absolute Gasteiger partial charge is 0.388 e. The number of hydrogen-bond acceptors (Lipinski definition) is 3. The Labute approximate surface area is 175 Å². The third-order valence-corrected chi connectivity index (χ3v) is 6.63. The summed E-state index contributed by atoms with van der Waals surface area (Å²) in [7, 11) is 0. The summed E-state index contributed by atoms with van der Waals surface area (Å²) in [6, 6.07) is 3.63. The molecule has 2 heterocycles. The zero-order chi connectivity index (χ0) is 20.6. The molecule has 1 aliphatic heterocycles. The second kappa shape index (κ2) is 7.84. The fourth-order valence-corrected chi connectivity index (χ4v) is 4.70. The number of nitrogens with one attached hydrogen (secondary N) is 2. The normalized spacial score (nSPS) is 18.9. The summed E-state index contributed by atoms with van der Waals surface area (Å²) in [5, 5.41) is 22.8. The van der Waals surface area contributed by atoms with Crippen molar-refractivity contribution in [2.24, 2.45) is 11.3 Å². The maximum atomic E-state index is 12.5. The maximum absolute atomic E-state index is 12.5. The topological polar surface area (TPSA) is 81.2 Å².